The zero-order valence-corrected chi connectivity index (χ0v) is 31.6. The monoisotopic (exact) mass is 696 g/mol. The second kappa shape index (κ2) is 16.9. The van der Waals surface area contributed by atoms with E-state index in [0.717, 1.165) is 62.9 Å². The van der Waals surface area contributed by atoms with E-state index in [-0.39, 0.29) is 23.8 Å². The molecule has 0 fully saturated rings. The van der Waals surface area contributed by atoms with E-state index < -0.39 is 11.9 Å². The maximum absolute atomic E-state index is 12.7. The summed E-state index contributed by atoms with van der Waals surface area (Å²) in [6.45, 7) is 15.6. The molecule has 0 unspecified atom stereocenters. The Labute approximate surface area is 302 Å². The third-order valence-corrected chi connectivity index (χ3v) is 11.0. The smallest absolute Gasteiger partial charge is 0.338 e. The number of fused-ring (bicyclic) bond motifs is 8. The first-order valence-electron chi connectivity index (χ1n) is 18.9. The molecule has 51 heavy (non-hydrogen) atoms. The van der Waals surface area contributed by atoms with Crippen molar-refractivity contribution in [2.24, 2.45) is 0 Å². The zero-order chi connectivity index (χ0) is 36.8. The lowest BCUT2D eigenvalue weighted by Crippen LogP contribution is -2.08. The number of carboxylic acid groups (broad SMARTS) is 2. The van der Waals surface area contributed by atoms with Gasteiger partial charge in [0.05, 0.1) is 23.6 Å². The van der Waals surface area contributed by atoms with E-state index in [4.69, 9.17) is 14.7 Å². The number of carbonyl (C=O) groups is 2. The maximum atomic E-state index is 12.7. The van der Waals surface area contributed by atoms with Gasteiger partial charge >= 0.3 is 11.9 Å². The highest BCUT2D eigenvalue weighted by Crippen LogP contribution is 2.43. The molecule has 2 aliphatic rings. The van der Waals surface area contributed by atoms with Gasteiger partial charge in [-0.2, -0.15) is 0 Å². The normalized spacial score (nSPS) is 15.9. The molecule has 2 aliphatic heterocycles. The highest BCUT2D eigenvalue weighted by atomic mass is 16.5. The summed E-state index contributed by atoms with van der Waals surface area (Å²) in [5, 5.41) is 20.0. The van der Waals surface area contributed by atoms with Crippen molar-refractivity contribution < 1.29 is 24.5 Å². The number of hydrogen-bond donors (Lipinski definition) is 4. The van der Waals surface area contributed by atoms with Gasteiger partial charge in [0, 0.05) is 63.9 Å². The number of aromatic amines is 2. The number of carboxylic acids is 2. The van der Waals surface area contributed by atoms with Crippen LogP contribution in [0, 0.1) is 20.8 Å². The van der Waals surface area contributed by atoms with Gasteiger partial charge in [-0.05, 0) is 93.0 Å². The summed E-state index contributed by atoms with van der Waals surface area (Å²) < 4.78 is 6.32. The Morgan fingerprint density at radius 1 is 0.784 bits per heavy atom. The van der Waals surface area contributed by atoms with E-state index in [1.807, 2.05) is 13.0 Å². The van der Waals surface area contributed by atoms with Crippen LogP contribution in [-0.4, -0.2) is 48.7 Å². The Morgan fingerprint density at radius 2 is 1.41 bits per heavy atom. The number of aryl methyl sites for hydroxylation is 3. The zero-order valence-electron chi connectivity index (χ0n) is 31.6. The number of nitrogens with zero attached hydrogens (tertiary/aromatic N) is 2. The molecule has 0 saturated carbocycles. The second-order valence-electron chi connectivity index (χ2n) is 14.5. The highest BCUT2D eigenvalue weighted by Gasteiger charge is 2.33. The van der Waals surface area contributed by atoms with E-state index in [1.165, 1.54) is 44.9 Å². The number of nitrogens with one attached hydrogen (secondary N) is 2. The number of H-pyrrole nitrogens is 2. The van der Waals surface area contributed by atoms with Crippen molar-refractivity contribution in [3.63, 3.8) is 0 Å². The van der Waals surface area contributed by atoms with Gasteiger partial charge in [0.25, 0.3) is 0 Å². The fourth-order valence-corrected chi connectivity index (χ4v) is 7.79. The first kappa shape index (κ1) is 38.0. The molecule has 274 valence electrons. The lowest BCUT2D eigenvalue weighted by atomic mass is 9.85. The molecule has 0 amide bonds. The van der Waals surface area contributed by atoms with E-state index >= 15 is 0 Å². The van der Waals surface area contributed by atoms with Crippen LogP contribution in [0.25, 0.3) is 33.2 Å². The molecule has 2 atom stereocenters. The van der Waals surface area contributed by atoms with Crippen LogP contribution < -0.4 is 0 Å². The Hall–Kier alpha value is -4.24. The van der Waals surface area contributed by atoms with Gasteiger partial charge in [0.1, 0.15) is 0 Å². The molecule has 0 saturated heterocycles. The number of hydrogen-bond acceptors (Lipinski definition) is 5. The van der Waals surface area contributed by atoms with Crippen molar-refractivity contribution in [2.45, 2.75) is 138 Å². The van der Waals surface area contributed by atoms with Crippen molar-refractivity contribution in [1.82, 2.24) is 19.9 Å². The van der Waals surface area contributed by atoms with Crippen molar-refractivity contribution in [2.75, 3.05) is 6.61 Å². The van der Waals surface area contributed by atoms with Crippen molar-refractivity contribution in [3.8, 4) is 0 Å². The van der Waals surface area contributed by atoms with Crippen LogP contribution in [0.15, 0.2) is 18.2 Å². The van der Waals surface area contributed by atoms with Crippen LogP contribution in [0.4, 0.5) is 0 Å². The van der Waals surface area contributed by atoms with Crippen LogP contribution in [0.3, 0.4) is 0 Å². The third-order valence-electron chi connectivity index (χ3n) is 11.0. The fraction of sp³-hybridized carbons (Fsp3) is 0.524. The molecular formula is C42H56N4O5. The average molecular weight is 697 g/mol. The van der Waals surface area contributed by atoms with Gasteiger partial charge in [0.15, 0.2) is 0 Å². The molecule has 9 nitrogen and oxygen atoms in total. The standard InChI is InChI=1S/C42H56N4O5/c1-8-10-11-12-13-14-15-16-19-51-23-31-26(5)32-20-34-25(4)30(17-18-38(47)48)40(45-34)28(7)41-39(42(49)50)27(6)35(46-41)22-36-29(9-2)24(3)33(43-36)21-37(31)44-32/h20-22,25,30,43-44H,8-19,23H2,1-7H3,(H,47,48)(H,49,50)/t25-,30-/m0/s1. The lowest BCUT2D eigenvalue weighted by molar-refractivity contribution is -0.137. The molecule has 3 aromatic rings. The predicted octanol–water partition coefficient (Wildman–Crippen LogP) is 10.2. The van der Waals surface area contributed by atoms with E-state index in [1.54, 1.807) is 6.92 Å². The number of allylic oxidation sites excluding steroid dienone is 1. The van der Waals surface area contributed by atoms with Gasteiger partial charge in [-0.15, -0.1) is 0 Å². The molecule has 9 heteroatoms. The highest BCUT2D eigenvalue weighted by molar-refractivity contribution is 6.24. The number of unbranched alkanes of at least 4 members (excludes halogenated alkanes) is 7. The minimum absolute atomic E-state index is 0.0120. The molecule has 4 N–H and O–H groups in total. The Morgan fingerprint density at radius 3 is 2.06 bits per heavy atom. The number of aromatic nitrogens is 4. The van der Waals surface area contributed by atoms with E-state index in [0.29, 0.717) is 47.9 Å². The van der Waals surface area contributed by atoms with Crippen LogP contribution >= 0.6 is 0 Å². The number of aliphatic carboxylic acids is 2. The first-order chi connectivity index (χ1) is 24.5. The molecule has 0 aromatic carbocycles. The molecule has 3 aromatic heterocycles. The summed E-state index contributed by atoms with van der Waals surface area (Å²) >= 11 is 0. The molecule has 0 radical (unpaired) electrons. The Kier molecular flexibility index (Phi) is 12.6. The first-order valence-corrected chi connectivity index (χ1v) is 18.9. The summed E-state index contributed by atoms with van der Waals surface area (Å²) in [4.78, 5) is 41.8. The Balaban J connectivity index is 1.66. The van der Waals surface area contributed by atoms with Crippen LogP contribution in [0.1, 0.15) is 154 Å². The predicted molar refractivity (Wildman–Crippen MR) is 205 cm³/mol. The van der Waals surface area contributed by atoms with E-state index in [2.05, 4.69) is 56.7 Å². The van der Waals surface area contributed by atoms with Crippen LogP contribution in [0.5, 0.6) is 0 Å². The SMILES string of the molecule is CCCCCCCCCCOCc1c(C)c2cc3nc(c(C)c4nc(cc5[nH]c(cc1[nH]2)c(C)c5CC)C(C)=C4C(=O)O)[C@@H](CCC(=O)O)[C@@H]3C. The van der Waals surface area contributed by atoms with Crippen LogP contribution in [-0.2, 0) is 27.4 Å². The van der Waals surface area contributed by atoms with Crippen molar-refractivity contribution >= 4 is 45.2 Å². The third kappa shape index (κ3) is 8.30. The second-order valence-corrected chi connectivity index (χ2v) is 14.5. The summed E-state index contributed by atoms with van der Waals surface area (Å²) in [7, 11) is 0. The average Bonchev–Trinajstić information content (AvgIpc) is 3.77. The maximum Gasteiger partial charge on any atom is 0.338 e. The van der Waals surface area contributed by atoms with Gasteiger partial charge in [-0.3, -0.25) is 9.78 Å². The van der Waals surface area contributed by atoms with E-state index in [9.17, 15) is 19.8 Å². The number of ether oxygens (including phenoxy) is 1. The van der Waals surface area contributed by atoms with Gasteiger partial charge in [-0.25, -0.2) is 9.78 Å². The van der Waals surface area contributed by atoms with Crippen molar-refractivity contribution in [3.05, 3.63) is 68.8 Å². The molecule has 5 heterocycles. The minimum atomic E-state index is -1.05. The molecule has 8 bridgehead atoms. The summed E-state index contributed by atoms with van der Waals surface area (Å²) in [6, 6.07) is 6.19. The largest absolute Gasteiger partial charge is 0.481 e. The van der Waals surface area contributed by atoms with Gasteiger partial charge in [0.2, 0.25) is 0 Å². The Bertz CT molecular complexity index is 1970. The van der Waals surface area contributed by atoms with Crippen molar-refractivity contribution in [1.29, 1.82) is 0 Å². The molecule has 0 aliphatic carbocycles. The molecular weight excluding hydrogens is 640 g/mol. The fourth-order valence-electron chi connectivity index (χ4n) is 7.79. The topological polar surface area (TPSA) is 141 Å². The molecule has 5 rings (SSSR count). The van der Waals surface area contributed by atoms with Crippen LogP contribution in [0.2, 0.25) is 0 Å². The lowest BCUT2D eigenvalue weighted by Gasteiger charge is -2.16. The summed E-state index contributed by atoms with van der Waals surface area (Å²) in [5.41, 5.74) is 12.2. The molecule has 0 spiro atoms. The number of rotatable bonds is 16. The quantitative estimate of drug-likeness (QED) is 0.109. The van der Waals surface area contributed by atoms with Gasteiger partial charge < -0.3 is 24.9 Å². The summed E-state index contributed by atoms with van der Waals surface area (Å²) in [5.74, 6) is -2.21. The van der Waals surface area contributed by atoms with Gasteiger partial charge in [-0.1, -0.05) is 65.7 Å². The minimum Gasteiger partial charge on any atom is -0.481 e. The summed E-state index contributed by atoms with van der Waals surface area (Å²) in [6.07, 6.45) is 11.2.